The van der Waals surface area contributed by atoms with Crippen LogP contribution in [-0.4, -0.2) is 17.1 Å². The number of hydrogen-bond acceptors (Lipinski definition) is 4. The summed E-state index contributed by atoms with van der Waals surface area (Å²) in [6.07, 6.45) is 7.22. The van der Waals surface area contributed by atoms with Gasteiger partial charge in [0.2, 0.25) is 5.89 Å². The van der Waals surface area contributed by atoms with E-state index in [1.807, 2.05) is 24.3 Å². The molecule has 1 heterocycles. The zero-order chi connectivity index (χ0) is 17.8. The van der Waals surface area contributed by atoms with E-state index >= 15 is 0 Å². The molecule has 2 aromatic carbocycles. The van der Waals surface area contributed by atoms with Crippen LogP contribution in [0.25, 0.3) is 22.6 Å². The minimum atomic E-state index is 0.332. The van der Waals surface area contributed by atoms with Crippen LogP contribution in [0.1, 0.15) is 44.1 Å². The van der Waals surface area contributed by atoms with Gasteiger partial charge in [0.15, 0.2) is 5.58 Å². The number of para-hydroxylation sites is 2. The van der Waals surface area contributed by atoms with Gasteiger partial charge in [0.1, 0.15) is 5.52 Å². The fourth-order valence-corrected chi connectivity index (χ4v) is 3.59. The summed E-state index contributed by atoms with van der Waals surface area (Å²) in [5.74, 6) is 0.660. The molecule has 0 amide bonds. The van der Waals surface area contributed by atoms with Crippen molar-refractivity contribution in [1.82, 2.24) is 4.98 Å². The molecule has 0 radical (unpaired) electrons. The molecule has 0 aliphatic heterocycles. The standard InChI is InChI=1S/C22H26N2O2/c23-18-5-1-2-6-19(14-13-18)25-15-16-9-11-17(12-10-16)22-24-20-7-3-4-8-21(20)26-22/h3-4,7-12,18-19H,1-2,5-6,13-15,23H2. The van der Waals surface area contributed by atoms with E-state index in [1.165, 1.54) is 18.4 Å². The van der Waals surface area contributed by atoms with Crippen molar-refractivity contribution in [3.05, 3.63) is 54.1 Å². The van der Waals surface area contributed by atoms with Crippen molar-refractivity contribution in [2.45, 2.75) is 57.3 Å². The van der Waals surface area contributed by atoms with Crippen LogP contribution in [-0.2, 0) is 11.3 Å². The summed E-state index contributed by atoms with van der Waals surface area (Å²) in [6.45, 7) is 0.647. The Balaban J connectivity index is 1.38. The maximum atomic E-state index is 6.15. The van der Waals surface area contributed by atoms with E-state index in [0.717, 1.165) is 42.3 Å². The molecule has 1 aliphatic rings. The molecule has 0 saturated heterocycles. The number of nitrogens with zero attached hydrogens (tertiary/aromatic N) is 1. The Morgan fingerprint density at radius 1 is 0.962 bits per heavy atom. The normalized spacial score (nSPS) is 21.4. The average Bonchev–Trinajstić information content (AvgIpc) is 3.09. The second-order valence-corrected chi connectivity index (χ2v) is 7.24. The third-order valence-corrected chi connectivity index (χ3v) is 5.19. The van der Waals surface area contributed by atoms with Gasteiger partial charge in [-0.3, -0.25) is 0 Å². The van der Waals surface area contributed by atoms with Crippen LogP contribution in [0, 0.1) is 0 Å². The van der Waals surface area contributed by atoms with Gasteiger partial charge in [-0.25, -0.2) is 4.98 Å². The zero-order valence-electron chi connectivity index (χ0n) is 15.1. The van der Waals surface area contributed by atoms with Gasteiger partial charge in [-0.1, -0.05) is 37.1 Å². The van der Waals surface area contributed by atoms with Gasteiger partial charge in [-0.2, -0.15) is 0 Å². The number of rotatable bonds is 4. The van der Waals surface area contributed by atoms with Crippen LogP contribution in [0.3, 0.4) is 0 Å². The summed E-state index contributed by atoms with van der Waals surface area (Å²) in [4.78, 5) is 4.55. The monoisotopic (exact) mass is 350 g/mol. The molecule has 3 aromatic rings. The van der Waals surface area contributed by atoms with Gasteiger partial charge in [0.25, 0.3) is 0 Å². The van der Waals surface area contributed by atoms with Crippen molar-refractivity contribution in [1.29, 1.82) is 0 Å². The first-order valence-corrected chi connectivity index (χ1v) is 9.60. The molecule has 1 fully saturated rings. The highest BCUT2D eigenvalue weighted by atomic mass is 16.5. The number of hydrogen-bond donors (Lipinski definition) is 1. The SMILES string of the molecule is NC1CCCCC(OCc2ccc(-c3nc4ccccc4o3)cc2)CC1. The minimum absolute atomic E-state index is 0.332. The highest BCUT2D eigenvalue weighted by molar-refractivity contribution is 5.75. The van der Waals surface area contributed by atoms with Crippen LogP contribution in [0.2, 0.25) is 0 Å². The number of benzene rings is 2. The van der Waals surface area contributed by atoms with E-state index in [4.69, 9.17) is 14.9 Å². The summed E-state index contributed by atoms with van der Waals surface area (Å²) in [5.41, 5.74) is 9.97. The van der Waals surface area contributed by atoms with Gasteiger partial charge in [-0.15, -0.1) is 0 Å². The molecular formula is C22H26N2O2. The maximum Gasteiger partial charge on any atom is 0.227 e. The quantitative estimate of drug-likeness (QED) is 0.714. The lowest BCUT2D eigenvalue weighted by molar-refractivity contribution is 0.0224. The second-order valence-electron chi connectivity index (χ2n) is 7.24. The molecule has 4 nitrogen and oxygen atoms in total. The molecule has 1 saturated carbocycles. The highest BCUT2D eigenvalue weighted by Crippen LogP contribution is 2.25. The fraction of sp³-hybridized carbons (Fsp3) is 0.409. The predicted molar refractivity (Wildman–Crippen MR) is 104 cm³/mol. The zero-order valence-corrected chi connectivity index (χ0v) is 15.1. The van der Waals surface area contributed by atoms with Crippen LogP contribution in [0.5, 0.6) is 0 Å². The summed E-state index contributed by atoms with van der Waals surface area (Å²) in [7, 11) is 0. The summed E-state index contributed by atoms with van der Waals surface area (Å²) in [6, 6.07) is 16.5. The van der Waals surface area contributed by atoms with Crippen molar-refractivity contribution in [2.24, 2.45) is 5.73 Å². The van der Waals surface area contributed by atoms with Crippen LogP contribution >= 0.6 is 0 Å². The molecule has 4 rings (SSSR count). The van der Waals surface area contributed by atoms with Crippen molar-refractivity contribution in [3.63, 3.8) is 0 Å². The molecule has 26 heavy (non-hydrogen) atoms. The number of oxazole rings is 1. The highest BCUT2D eigenvalue weighted by Gasteiger charge is 2.15. The van der Waals surface area contributed by atoms with E-state index in [2.05, 4.69) is 29.2 Å². The lowest BCUT2D eigenvalue weighted by Gasteiger charge is -2.23. The van der Waals surface area contributed by atoms with E-state index < -0.39 is 0 Å². The molecule has 136 valence electrons. The van der Waals surface area contributed by atoms with Gasteiger partial charge in [0, 0.05) is 11.6 Å². The van der Waals surface area contributed by atoms with Crippen LogP contribution in [0.15, 0.2) is 52.9 Å². The second kappa shape index (κ2) is 8.02. The first kappa shape index (κ1) is 17.3. The van der Waals surface area contributed by atoms with Gasteiger partial charge in [-0.05, 0) is 55.5 Å². The summed E-state index contributed by atoms with van der Waals surface area (Å²) in [5, 5.41) is 0. The summed E-state index contributed by atoms with van der Waals surface area (Å²) >= 11 is 0. The molecule has 1 aromatic heterocycles. The number of ether oxygens (including phenoxy) is 1. The third kappa shape index (κ3) is 4.14. The Morgan fingerprint density at radius 3 is 2.62 bits per heavy atom. The largest absolute Gasteiger partial charge is 0.436 e. The predicted octanol–water partition coefficient (Wildman–Crippen LogP) is 5.06. The molecule has 0 bridgehead atoms. The number of aromatic nitrogens is 1. The Morgan fingerprint density at radius 2 is 1.77 bits per heavy atom. The topological polar surface area (TPSA) is 61.3 Å². The van der Waals surface area contributed by atoms with Gasteiger partial charge < -0.3 is 14.9 Å². The van der Waals surface area contributed by atoms with Crippen LogP contribution < -0.4 is 5.73 Å². The Kier molecular flexibility index (Phi) is 5.32. The Bertz CT molecular complexity index is 808. The van der Waals surface area contributed by atoms with E-state index in [1.54, 1.807) is 0 Å². The Hall–Kier alpha value is -2.17. The first-order chi connectivity index (χ1) is 12.8. The summed E-state index contributed by atoms with van der Waals surface area (Å²) < 4.78 is 12.0. The molecule has 2 atom stereocenters. The Labute approximate surface area is 154 Å². The van der Waals surface area contributed by atoms with E-state index in [-0.39, 0.29) is 0 Å². The fourth-order valence-electron chi connectivity index (χ4n) is 3.59. The maximum absolute atomic E-state index is 6.15. The minimum Gasteiger partial charge on any atom is -0.436 e. The average molecular weight is 350 g/mol. The molecule has 4 heteroatoms. The molecule has 2 unspecified atom stereocenters. The number of fused-ring (bicyclic) bond motifs is 1. The van der Waals surface area contributed by atoms with Gasteiger partial charge >= 0.3 is 0 Å². The molecular weight excluding hydrogens is 324 g/mol. The van der Waals surface area contributed by atoms with Crippen molar-refractivity contribution in [3.8, 4) is 11.5 Å². The number of nitrogens with two attached hydrogens (primary N) is 1. The smallest absolute Gasteiger partial charge is 0.227 e. The van der Waals surface area contributed by atoms with Crippen molar-refractivity contribution < 1.29 is 9.15 Å². The molecule has 0 spiro atoms. The van der Waals surface area contributed by atoms with E-state index in [9.17, 15) is 0 Å². The molecule has 2 N–H and O–H groups in total. The van der Waals surface area contributed by atoms with Crippen LogP contribution in [0.4, 0.5) is 0 Å². The van der Waals surface area contributed by atoms with Crippen molar-refractivity contribution in [2.75, 3.05) is 0 Å². The van der Waals surface area contributed by atoms with E-state index in [0.29, 0.717) is 24.6 Å². The third-order valence-electron chi connectivity index (χ3n) is 5.19. The van der Waals surface area contributed by atoms with Gasteiger partial charge in [0.05, 0.1) is 12.7 Å². The van der Waals surface area contributed by atoms with Crippen molar-refractivity contribution >= 4 is 11.1 Å². The molecule has 1 aliphatic carbocycles. The lowest BCUT2D eigenvalue weighted by atomic mass is 9.95. The first-order valence-electron chi connectivity index (χ1n) is 9.60. The lowest BCUT2D eigenvalue weighted by Crippen LogP contribution is -2.25.